The Balaban J connectivity index is 1.65. The Labute approximate surface area is 185 Å². The minimum Gasteiger partial charge on any atom is -0.495 e. The molecule has 0 bridgehead atoms. The molecule has 0 aliphatic heterocycles. The van der Waals surface area contributed by atoms with Gasteiger partial charge in [-0.25, -0.2) is 0 Å². The summed E-state index contributed by atoms with van der Waals surface area (Å²) in [7, 11) is 3.17. The van der Waals surface area contributed by atoms with Gasteiger partial charge in [0.25, 0.3) is 0 Å². The second kappa shape index (κ2) is 8.28. The van der Waals surface area contributed by atoms with E-state index >= 15 is 0 Å². The zero-order valence-electron chi connectivity index (χ0n) is 17.1. The lowest BCUT2D eigenvalue weighted by molar-refractivity contribution is 0.392. The molecule has 1 aliphatic rings. The molecular weight excluding hydrogens is 423 g/mol. The molecule has 0 fully saturated rings. The third-order valence-corrected chi connectivity index (χ3v) is 6.49. The predicted octanol–water partition coefficient (Wildman–Crippen LogP) is 5.64. The first kappa shape index (κ1) is 20.7. The number of H-pyrrole nitrogens is 1. The van der Waals surface area contributed by atoms with Gasteiger partial charge < -0.3 is 20.5 Å². The number of aromatic nitrogens is 2. The Morgan fingerprint density at radius 3 is 2.50 bits per heavy atom. The van der Waals surface area contributed by atoms with Gasteiger partial charge in [0.05, 0.1) is 35.6 Å². The first-order valence-electron chi connectivity index (χ1n) is 9.72. The molecule has 1 heterocycles. The first-order valence-corrected chi connectivity index (χ1v) is 10.5. The van der Waals surface area contributed by atoms with Crippen LogP contribution in [-0.4, -0.2) is 24.4 Å². The largest absolute Gasteiger partial charge is 0.495 e. The van der Waals surface area contributed by atoms with E-state index in [4.69, 9.17) is 38.4 Å². The van der Waals surface area contributed by atoms with Crippen LogP contribution in [0, 0.1) is 6.92 Å². The molecule has 2 aromatic carbocycles. The van der Waals surface area contributed by atoms with Crippen molar-refractivity contribution < 1.29 is 9.47 Å². The third kappa shape index (κ3) is 3.55. The van der Waals surface area contributed by atoms with Crippen LogP contribution in [0.1, 0.15) is 34.7 Å². The number of halogens is 2. The van der Waals surface area contributed by atoms with Crippen LogP contribution in [0.15, 0.2) is 24.3 Å². The molecule has 1 atom stereocenters. The van der Waals surface area contributed by atoms with Crippen molar-refractivity contribution >= 4 is 40.4 Å². The van der Waals surface area contributed by atoms with Gasteiger partial charge in [0, 0.05) is 22.9 Å². The third-order valence-electron chi connectivity index (χ3n) is 5.71. The summed E-state index contributed by atoms with van der Waals surface area (Å²) in [5.74, 6) is 2.05. The van der Waals surface area contributed by atoms with Crippen molar-refractivity contribution in [1.82, 2.24) is 10.2 Å². The highest BCUT2D eigenvalue weighted by Gasteiger charge is 2.30. The van der Waals surface area contributed by atoms with E-state index in [-0.39, 0.29) is 5.92 Å². The smallest absolute Gasteiger partial charge is 0.155 e. The Morgan fingerprint density at radius 1 is 1.17 bits per heavy atom. The van der Waals surface area contributed by atoms with E-state index < -0.39 is 0 Å². The van der Waals surface area contributed by atoms with Crippen LogP contribution in [0.4, 0.5) is 17.2 Å². The predicted molar refractivity (Wildman–Crippen MR) is 122 cm³/mol. The maximum atomic E-state index is 6.63. The number of ether oxygens (including phenoxy) is 2. The number of aromatic amines is 1. The van der Waals surface area contributed by atoms with E-state index in [0.717, 1.165) is 53.2 Å². The number of nitrogens with two attached hydrogens (primary N) is 1. The van der Waals surface area contributed by atoms with Gasteiger partial charge in [0.15, 0.2) is 5.82 Å². The van der Waals surface area contributed by atoms with Crippen LogP contribution in [-0.2, 0) is 12.8 Å². The summed E-state index contributed by atoms with van der Waals surface area (Å²) in [5, 5.41) is 12.2. The molecule has 30 heavy (non-hydrogen) atoms. The molecule has 3 aromatic rings. The van der Waals surface area contributed by atoms with Crippen LogP contribution in [0.3, 0.4) is 0 Å². The van der Waals surface area contributed by atoms with Gasteiger partial charge in [-0.1, -0.05) is 35.3 Å². The SMILES string of the molecule is COc1cc(OC)c(Cl)c(C2CCc3c(Nc4c(C)cccc4N)n[nH]c3C2)c1Cl. The minimum atomic E-state index is 0.123. The second-order valence-electron chi connectivity index (χ2n) is 7.46. The van der Waals surface area contributed by atoms with Crippen LogP contribution >= 0.6 is 23.2 Å². The fourth-order valence-corrected chi connectivity index (χ4v) is 4.91. The van der Waals surface area contributed by atoms with Crippen molar-refractivity contribution in [3.63, 3.8) is 0 Å². The molecule has 1 aromatic heterocycles. The van der Waals surface area contributed by atoms with Crippen LogP contribution in [0.25, 0.3) is 0 Å². The number of benzene rings is 2. The van der Waals surface area contributed by atoms with Crippen molar-refractivity contribution in [2.75, 3.05) is 25.3 Å². The molecule has 1 unspecified atom stereocenters. The van der Waals surface area contributed by atoms with E-state index in [1.807, 2.05) is 25.1 Å². The number of methoxy groups -OCH3 is 2. The number of fused-ring (bicyclic) bond motifs is 1. The average Bonchev–Trinajstić information content (AvgIpc) is 3.13. The fraction of sp³-hybridized carbons (Fsp3) is 0.318. The topological polar surface area (TPSA) is 85.2 Å². The van der Waals surface area contributed by atoms with Gasteiger partial charge in [-0.05, 0) is 43.7 Å². The van der Waals surface area contributed by atoms with Gasteiger partial charge in [0.1, 0.15) is 11.5 Å². The summed E-state index contributed by atoms with van der Waals surface area (Å²) < 4.78 is 10.8. The Hall–Kier alpha value is -2.57. The number of hydrogen-bond acceptors (Lipinski definition) is 5. The number of para-hydroxylation sites is 1. The summed E-state index contributed by atoms with van der Waals surface area (Å²) in [6.07, 6.45) is 2.44. The zero-order chi connectivity index (χ0) is 21.4. The van der Waals surface area contributed by atoms with Gasteiger partial charge >= 0.3 is 0 Å². The first-order chi connectivity index (χ1) is 14.4. The summed E-state index contributed by atoms with van der Waals surface area (Å²) in [6.45, 7) is 2.02. The summed E-state index contributed by atoms with van der Waals surface area (Å²) >= 11 is 13.3. The van der Waals surface area contributed by atoms with Crippen molar-refractivity contribution in [3.8, 4) is 11.5 Å². The number of aryl methyl sites for hydroxylation is 1. The molecule has 0 saturated carbocycles. The van der Waals surface area contributed by atoms with Gasteiger partial charge in [-0.2, -0.15) is 5.10 Å². The van der Waals surface area contributed by atoms with Crippen LogP contribution in [0.2, 0.25) is 10.0 Å². The molecule has 4 N–H and O–H groups in total. The molecule has 4 rings (SSSR count). The van der Waals surface area contributed by atoms with Gasteiger partial charge in [0.2, 0.25) is 0 Å². The average molecular weight is 447 g/mol. The normalized spacial score (nSPS) is 15.6. The quantitative estimate of drug-likeness (QED) is 0.441. The highest BCUT2D eigenvalue weighted by Crippen LogP contribution is 2.47. The number of anilines is 3. The maximum Gasteiger partial charge on any atom is 0.155 e. The molecule has 8 heteroatoms. The summed E-state index contributed by atoms with van der Waals surface area (Å²) in [6, 6.07) is 7.56. The highest BCUT2D eigenvalue weighted by molar-refractivity contribution is 6.38. The van der Waals surface area contributed by atoms with E-state index in [1.165, 1.54) is 0 Å². The minimum absolute atomic E-state index is 0.123. The standard InChI is InChI=1S/C22H24Cl2N4O2/c1-11-5-4-6-14(25)21(11)26-22-13-8-7-12(9-15(13)27-28-22)18-19(23)16(29-2)10-17(30-3)20(18)24/h4-6,10,12H,7-9,25H2,1-3H3,(H2,26,27,28). The molecule has 1 aliphatic carbocycles. The van der Waals surface area contributed by atoms with E-state index in [2.05, 4.69) is 15.5 Å². The van der Waals surface area contributed by atoms with Gasteiger partial charge in [-0.3, -0.25) is 5.10 Å². The summed E-state index contributed by atoms with van der Waals surface area (Å²) in [5.41, 5.74) is 11.9. The Morgan fingerprint density at radius 2 is 1.87 bits per heavy atom. The highest BCUT2D eigenvalue weighted by atomic mass is 35.5. The molecule has 0 saturated heterocycles. The van der Waals surface area contributed by atoms with E-state index in [0.29, 0.717) is 27.2 Å². The van der Waals surface area contributed by atoms with E-state index in [1.54, 1.807) is 20.3 Å². The number of nitrogens with zero attached hydrogens (tertiary/aromatic N) is 1. The monoisotopic (exact) mass is 446 g/mol. The molecule has 0 amide bonds. The lowest BCUT2D eigenvalue weighted by Gasteiger charge is -2.26. The van der Waals surface area contributed by atoms with Crippen molar-refractivity contribution in [2.45, 2.75) is 32.1 Å². The lowest BCUT2D eigenvalue weighted by atomic mass is 9.82. The number of hydrogen-bond donors (Lipinski definition) is 3. The zero-order valence-corrected chi connectivity index (χ0v) is 18.6. The Kier molecular flexibility index (Phi) is 5.71. The van der Waals surface area contributed by atoms with Crippen LogP contribution < -0.4 is 20.5 Å². The number of nitrogen functional groups attached to an aromatic ring is 1. The number of nitrogens with one attached hydrogen (secondary N) is 2. The second-order valence-corrected chi connectivity index (χ2v) is 8.21. The van der Waals surface area contributed by atoms with Crippen molar-refractivity contribution in [2.24, 2.45) is 0 Å². The molecule has 6 nitrogen and oxygen atoms in total. The summed E-state index contributed by atoms with van der Waals surface area (Å²) in [4.78, 5) is 0. The molecule has 0 spiro atoms. The van der Waals surface area contributed by atoms with Crippen LogP contribution in [0.5, 0.6) is 11.5 Å². The van der Waals surface area contributed by atoms with Crippen molar-refractivity contribution in [3.05, 3.63) is 56.7 Å². The van der Waals surface area contributed by atoms with Crippen molar-refractivity contribution in [1.29, 1.82) is 0 Å². The fourth-order valence-electron chi connectivity index (χ4n) is 4.10. The van der Waals surface area contributed by atoms with Gasteiger partial charge in [-0.15, -0.1) is 0 Å². The molecule has 158 valence electrons. The number of rotatable bonds is 5. The van der Waals surface area contributed by atoms with E-state index in [9.17, 15) is 0 Å². The molecule has 0 radical (unpaired) electrons. The lowest BCUT2D eigenvalue weighted by Crippen LogP contribution is -2.14. The molecular formula is C22H24Cl2N4O2. The maximum absolute atomic E-state index is 6.63. The Bertz CT molecular complexity index is 1050.